The molecule has 136 valence electrons. The quantitative estimate of drug-likeness (QED) is 0.737. The lowest BCUT2D eigenvalue weighted by Crippen LogP contribution is -2.32. The van der Waals surface area contributed by atoms with E-state index in [0.717, 1.165) is 35.7 Å². The molecule has 0 bridgehead atoms. The first-order valence-electron chi connectivity index (χ1n) is 8.06. The number of anilines is 2. The third-order valence-corrected chi connectivity index (χ3v) is 6.59. The number of amides is 1. The Balaban J connectivity index is 1.99. The Bertz CT molecular complexity index is 814. The molecule has 0 atom stereocenters. The maximum absolute atomic E-state index is 12.1. The second-order valence-corrected chi connectivity index (χ2v) is 8.42. The zero-order valence-electron chi connectivity index (χ0n) is 14.6. The number of nitrogens with zero attached hydrogens (tertiary/aromatic N) is 1. The van der Waals surface area contributed by atoms with Gasteiger partial charge in [0.15, 0.2) is 0 Å². The van der Waals surface area contributed by atoms with Crippen molar-refractivity contribution in [3.05, 3.63) is 41.3 Å². The number of carbonyl (C=O) groups is 1. The van der Waals surface area contributed by atoms with Crippen LogP contribution in [0.25, 0.3) is 0 Å². The van der Waals surface area contributed by atoms with Crippen LogP contribution in [0.4, 0.5) is 11.4 Å². The number of sulfonamides is 1. The predicted octanol–water partition coefficient (Wildman–Crippen LogP) is 2.82. The molecular formula is C17H23N3O3S2. The van der Waals surface area contributed by atoms with Gasteiger partial charge in [-0.05, 0) is 56.0 Å². The number of thiophene rings is 1. The molecule has 0 aliphatic rings. The van der Waals surface area contributed by atoms with Gasteiger partial charge in [-0.15, -0.1) is 11.3 Å². The molecule has 8 heteroatoms. The number of hydrogen-bond acceptors (Lipinski definition) is 5. The second-order valence-electron chi connectivity index (χ2n) is 5.48. The van der Waals surface area contributed by atoms with Gasteiger partial charge < -0.3 is 10.2 Å². The van der Waals surface area contributed by atoms with Gasteiger partial charge in [0.2, 0.25) is 5.91 Å². The lowest BCUT2D eigenvalue weighted by atomic mass is 10.1. The van der Waals surface area contributed by atoms with Crippen molar-refractivity contribution in [2.45, 2.75) is 25.0 Å². The van der Waals surface area contributed by atoms with Gasteiger partial charge in [0.25, 0.3) is 10.0 Å². The molecule has 25 heavy (non-hydrogen) atoms. The molecule has 2 aromatic rings. The van der Waals surface area contributed by atoms with Gasteiger partial charge >= 0.3 is 0 Å². The Hall–Kier alpha value is -1.90. The molecule has 1 aromatic carbocycles. The number of nitrogens with one attached hydrogen (secondary N) is 2. The molecule has 0 radical (unpaired) electrons. The summed E-state index contributed by atoms with van der Waals surface area (Å²) in [6.07, 6.45) is 0. The highest BCUT2D eigenvalue weighted by Crippen LogP contribution is 2.22. The Morgan fingerprint density at radius 2 is 1.92 bits per heavy atom. The summed E-state index contributed by atoms with van der Waals surface area (Å²) in [6.45, 7) is 7.61. The molecule has 6 nitrogen and oxygen atoms in total. The predicted molar refractivity (Wildman–Crippen MR) is 103 cm³/mol. The van der Waals surface area contributed by atoms with Crippen LogP contribution in [0, 0.1) is 6.92 Å². The van der Waals surface area contributed by atoms with Crippen LogP contribution in [-0.2, 0) is 14.8 Å². The number of carbonyl (C=O) groups excluding carboxylic acids is 1. The van der Waals surface area contributed by atoms with E-state index in [0.29, 0.717) is 5.69 Å². The summed E-state index contributed by atoms with van der Waals surface area (Å²) in [5.41, 5.74) is 2.70. The van der Waals surface area contributed by atoms with Crippen molar-refractivity contribution >= 4 is 38.6 Å². The van der Waals surface area contributed by atoms with Crippen LogP contribution in [0.1, 0.15) is 19.4 Å². The molecule has 1 aromatic heterocycles. The second kappa shape index (κ2) is 8.46. The van der Waals surface area contributed by atoms with E-state index in [9.17, 15) is 13.2 Å². The fourth-order valence-corrected chi connectivity index (χ4v) is 4.44. The van der Waals surface area contributed by atoms with Crippen LogP contribution in [-0.4, -0.2) is 34.0 Å². The van der Waals surface area contributed by atoms with Gasteiger partial charge in [0, 0.05) is 24.5 Å². The third-order valence-electron chi connectivity index (χ3n) is 3.80. The molecule has 0 fully saturated rings. The number of hydrogen-bond donors (Lipinski definition) is 2. The molecule has 1 amide bonds. The summed E-state index contributed by atoms with van der Waals surface area (Å²) >= 11 is 1.11. The largest absolute Gasteiger partial charge is 0.372 e. The minimum absolute atomic E-state index is 0.194. The maximum Gasteiger partial charge on any atom is 0.250 e. The van der Waals surface area contributed by atoms with Crippen molar-refractivity contribution in [1.82, 2.24) is 4.72 Å². The minimum Gasteiger partial charge on any atom is -0.372 e. The summed E-state index contributed by atoms with van der Waals surface area (Å²) in [6, 6.07) is 8.96. The van der Waals surface area contributed by atoms with Gasteiger partial charge in [-0.3, -0.25) is 4.79 Å². The van der Waals surface area contributed by atoms with E-state index >= 15 is 0 Å². The smallest absolute Gasteiger partial charge is 0.250 e. The first-order chi connectivity index (χ1) is 11.9. The molecule has 0 aliphatic carbocycles. The average molecular weight is 382 g/mol. The molecule has 0 aliphatic heterocycles. The zero-order valence-corrected chi connectivity index (χ0v) is 16.2. The van der Waals surface area contributed by atoms with Crippen LogP contribution in [0.3, 0.4) is 0 Å². The van der Waals surface area contributed by atoms with Gasteiger partial charge in [-0.1, -0.05) is 6.07 Å². The topological polar surface area (TPSA) is 78.5 Å². The molecule has 0 saturated heterocycles. The van der Waals surface area contributed by atoms with Crippen molar-refractivity contribution in [2.24, 2.45) is 0 Å². The van der Waals surface area contributed by atoms with Crippen molar-refractivity contribution in [1.29, 1.82) is 0 Å². The average Bonchev–Trinajstić information content (AvgIpc) is 3.12. The van der Waals surface area contributed by atoms with Crippen LogP contribution >= 0.6 is 11.3 Å². The highest BCUT2D eigenvalue weighted by molar-refractivity contribution is 7.91. The summed E-state index contributed by atoms with van der Waals surface area (Å²) in [5.74, 6) is -0.404. The number of rotatable bonds is 8. The van der Waals surface area contributed by atoms with E-state index < -0.39 is 15.9 Å². The molecular weight excluding hydrogens is 358 g/mol. The van der Waals surface area contributed by atoms with Crippen LogP contribution in [0.15, 0.2) is 39.9 Å². The Labute approximate surface area is 152 Å². The molecule has 2 N–H and O–H groups in total. The maximum atomic E-state index is 12.1. The summed E-state index contributed by atoms with van der Waals surface area (Å²) < 4.78 is 26.5. The first kappa shape index (κ1) is 19.4. The van der Waals surface area contributed by atoms with Crippen molar-refractivity contribution in [3.63, 3.8) is 0 Å². The van der Waals surface area contributed by atoms with Gasteiger partial charge in [-0.25, -0.2) is 13.1 Å². The Morgan fingerprint density at radius 1 is 1.20 bits per heavy atom. The summed E-state index contributed by atoms with van der Waals surface area (Å²) in [7, 11) is -3.64. The van der Waals surface area contributed by atoms with Gasteiger partial charge in [0.1, 0.15) is 4.21 Å². The van der Waals surface area contributed by atoms with Crippen LogP contribution in [0.5, 0.6) is 0 Å². The number of benzene rings is 1. The van der Waals surface area contributed by atoms with Crippen molar-refractivity contribution in [3.8, 4) is 0 Å². The Morgan fingerprint density at radius 3 is 2.48 bits per heavy atom. The van der Waals surface area contributed by atoms with Crippen molar-refractivity contribution < 1.29 is 13.2 Å². The van der Waals surface area contributed by atoms with Gasteiger partial charge in [0.05, 0.1) is 6.54 Å². The van der Waals surface area contributed by atoms with E-state index in [-0.39, 0.29) is 10.8 Å². The lowest BCUT2D eigenvalue weighted by Gasteiger charge is -2.22. The van der Waals surface area contributed by atoms with E-state index in [1.807, 2.05) is 25.1 Å². The number of aryl methyl sites for hydroxylation is 1. The summed E-state index contributed by atoms with van der Waals surface area (Å²) in [5, 5.41) is 4.43. The molecule has 1 heterocycles. The van der Waals surface area contributed by atoms with E-state index in [4.69, 9.17) is 0 Å². The Kier molecular flexibility index (Phi) is 6.57. The van der Waals surface area contributed by atoms with Crippen LogP contribution in [0.2, 0.25) is 0 Å². The van der Waals surface area contributed by atoms with E-state index in [1.54, 1.807) is 11.4 Å². The lowest BCUT2D eigenvalue weighted by molar-refractivity contribution is -0.115. The molecule has 0 spiro atoms. The van der Waals surface area contributed by atoms with Gasteiger partial charge in [-0.2, -0.15) is 0 Å². The molecule has 0 unspecified atom stereocenters. The zero-order chi connectivity index (χ0) is 18.4. The first-order valence-corrected chi connectivity index (χ1v) is 10.4. The SMILES string of the molecule is CCN(CC)c1ccc(NC(=O)CNS(=O)(=O)c2cccs2)c(C)c1. The summed E-state index contributed by atoms with van der Waals surface area (Å²) in [4.78, 5) is 14.3. The monoisotopic (exact) mass is 381 g/mol. The highest BCUT2D eigenvalue weighted by atomic mass is 32.2. The van der Waals surface area contributed by atoms with E-state index in [1.165, 1.54) is 6.07 Å². The highest BCUT2D eigenvalue weighted by Gasteiger charge is 2.16. The van der Waals surface area contributed by atoms with E-state index in [2.05, 4.69) is 28.8 Å². The molecule has 0 saturated carbocycles. The standard InChI is InChI=1S/C17H23N3O3S2/c1-4-20(5-2)14-8-9-15(13(3)11-14)19-16(21)12-18-25(22,23)17-7-6-10-24-17/h6-11,18H,4-5,12H2,1-3H3,(H,19,21). The molecule has 2 rings (SSSR count). The fraction of sp³-hybridized carbons (Fsp3) is 0.353. The third kappa shape index (κ3) is 5.04. The minimum atomic E-state index is -3.64. The fourth-order valence-electron chi connectivity index (χ4n) is 2.42. The normalized spacial score (nSPS) is 11.3. The van der Waals surface area contributed by atoms with Crippen molar-refractivity contribution in [2.75, 3.05) is 29.9 Å². The van der Waals surface area contributed by atoms with Crippen LogP contribution < -0.4 is 14.9 Å².